The summed E-state index contributed by atoms with van der Waals surface area (Å²) in [6, 6.07) is 1.89. The smallest absolute Gasteiger partial charge is 0.255 e. The van der Waals surface area contributed by atoms with Crippen molar-refractivity contribution in [1.82, 2.24) is 15.5 Å². The van der Waals surface area contributed by atoms with Crippen LogP contribution in [0.1, 0.15) is 47.6 Å². The monoisotopic (exact) mass is 321 g/mol. The molecule has 2 amide bonds. The number of nitrogens with zero attached hydrogens (tertiary/aromatic N) is 1. The average molecular weight is 321 g/mol. The molecule has 0 spiro atoms. The highest BCUT2D eigenvalue weighted by molar-refractivity contribution is 5.95. The topological polar surface area (TPSA) is 74.6 Å². The van der Waals surface area contributed by atoms with Crippen molar-refractivity contribution in [3.8, 4) is 0 Å². The van der Waals surface area contributed by atoms with Crippen LogP contribution >= 0.6 is 0 Å². The van der Waals surface area contributed by atoms with Gasteiger partial charge >= 0.3 is 0 Å². The molecule has 2 heterocycles. The summed E-state index contributed by atoms with van der Waals surface area (Å²) in [5.74, 6) is 1.52. The average Bonchev–Trinajstić information content (AvgIpc) is 2.87. The van der Waals surface area contributed by atoms with Gasteiger partial charge in [-0.25, -0.2) is 0 Å². The van der Waals surface area contributed by atoms with E-state index in [2.05, 4.69) is 10.6 Å². The minimum atomic E-state index is -0.0850. The molecule has 23 heavy (non-hydrogen) atoms. The predicted molar refractivity (Wildman–Crippen MR) is 88.4 cm³/mol. The lowest BCUT2D eigenvalue weighted by molar-refractivity contribution is -0.132. The third kappa shape index (κ3) is 4.82. The lowest BCUT2D eigenvalue weighted by Gasteiger charge is -2.32. The van der Waals surface area contributed by atoms with Crippen molar-refractivity contribution < 1.29 is 14.0 Å². The molecule has 1 aromatic heterocycles. The molecule has 0 saturated carbocycles. The van der Waals surface area contributed by atoms with E-state index in [1.165, 1.54) is 0 Å². The van der Waals surface area contributed by atoms with Crippen molar-refractivity contribution in [3.63, 3.8) is 0 Å². The first-order chi connectivity index (χ1) is 11.0. The van der Waals surface area contributed by atoms with Gasteiger partial charge in [-0.2, -0.15) is 0 Å². The second-order valence-corrected chi connectivity index (χ2v) is 6.16. The number of rotatable bonds is 6. The van der Waals surface area contributed by atoms with Gasteiger partial charge < -0.3 is 20.0 Å². The van der Waals surface area contributed by atoms with Crippen LogP contribution in [0, 0.1) is 13.8 Å². The molecule has 2 N–H and O–H groups in total. The molecule has 0 aromatic carbocycles. The van der Waals surface area contributed by atoms with E-state index in [0.29, 0.717) is 30.8 Å². The van der Waals surface area contributed by atoms with E-state index in [0.717, 1.165) is 31.6 Å². The van der Waals surface area contributed by atoms with Gasteiger partial charge in [-0.05, 0) is 52.8 Å². The molecule has 6 heteroatoms. The van der Waals surface area contributed by atoms with Crippen molar-refractivity contribution in [2.24, 2.45) is 0 Å². The Morgan fingerprint density at radius 3 is 2.57 bits per heavy atom. The van der Waals surface area contributed by atoms with Gasteiger partial charge in [0.25, 0.3) is 5.91 Å². The molecule has 0 aliphatic carbocycles. The first-order valence-corrected chi connectivity index (χ1v) is 8.31. The maximum Gasteiger partial charge on any atom is 0.255 e. The van der Waals surface area contributed by atoms with Gasteiger partial charge in [0.1, 0.15) is 11.5 Å². The molecule has 2 rings (SSSR count). The third-order valence-electron chi connectivity index (χ3n) is 4.29. The highest BCUT2D eigenvalue weighted by Crippen LogP contribution is 2.16. The molecule has 1 aliphatic heterocycles. The van der Waals surface area contributed by atoms with Crippen LogP contribution in [0.2, 0.25) is 0 Å². The maximum atomic E-state index is 12.3. The fourth-order valence-corrected chi connectivity index (χ4v) is 2.97. The van der Waals surface area contributed by atoms with Gasteiger partial charge in [-0.15, -0.1) is 0 Å². The molecule has 1 fully saturated rings. The first-order valence-electron chi connectivity index (χ1n) is 8.31. The Balaban J connectivity index is 1.77. The maximum absolute atomic E-state index is 12.3. The zero-order valence-electron chi connectivity index (χ0n) is 14.3. The number of carbonyl (C=O) groups is 2. The summed E-state index contributed by atoms with van der Waals surface area (Å²) in [6.07, 6.45) is 3.06. The standard InChI is InChI=1S/C17H27N3O3/c1-12-11-15(13(2)23-12)17(22)19-14-6-9-20(10-7-14)16(21)5-4-8-18-3/h11,14,18H,4-10H2,1-3H3,(H,19,22). The van der Waals surface area contributed by atoms with E-state index in [9.17, 15) is 9.59 Å². The second-order valence-electron chi connectivity index (χ2n) is 6.16. The molecule has 1 saturated heterocycles. The number of furan rings is 1. The number of nitrogens with one attached hydrogen (secondary N) is 2. The van der Waals surface area contributed by atoms with Crippen LogP contribution in [-0.2, 0) is 4.79 Å². The van der Waals surface area contributed by atoms with E-state index in [4.69, 9.17) is 4.42 Å². The largest absolute Gasteiger partial charge is 0.466 e. The lowest BCUT2D eigenvalue weighted by Crippen LogP contribution is -2.46. The Morgan fingerprint density at radius 1 is 1.30 bits per heavy atom. The SMILES string of the molecule is CNCCCC(=O)N1CCC(NC(=O)c2cc(C)oc2C)CC1. The molecule has 1 aliphatic rings. The molecule has 0 radical (unpaired) electrons. The number of hydrogen-bond donors (Lipinski definition) is 2. The van der Waals surface area contributed by atoms with Crippen LogP contribution in [0.3, 0.4) is 0 Å². The zero-order valence-corrected chi connectivity index (χ0v) is 14.3. The molecular formula is C17H27N3O3. The van der Waals surface area contributed by atoms with Crippen molar-refractivity contribution in [2.75, 3.05) is 26.7 Å². The highest BCUT2D eigenvalue weighted by atomic mass is 16.3. The summed E-state index contributed by atoms with van der Waals surface area (Å²) >= 11 is 0. The molecule has 0 unspecified atom stereocenters. The van der Waals surface area contributed by atoms with Gasteiger partial charge in [0.2, 0.25) is 5.91 Å². The van der Waals surface area contributed by atoms with Gasteiger partial charge in [0.15, 0.2) is 0 Å². The summed E-state index contributed by atoms with van der Waals surface area (Å²) in [5.41, 5.74) is 0.605. The molecule has 6 nitrogen and oxygen atoms in total. The van der Waals surface area contributed by atoms with Crippen molar-refractivity contribution >= 4 is 11.8 Å². The summed E-state index contributed by atoms with van der Waals surface area (Å²) in [7, 11) is 1.89. The van der Waals surface area contributed by atoms with Crippen LogP contribution in [0.4, 0.5) is 0 Å². The summed E-state index contributed by atoms with van der Waals surface area (Å²) in [6.45, 7) is 5.93. The summed E-state index contributed by atoms with van der Waals surface area (Å²) in [5, 5.41) is 6.10. The van der Waals surface area contributed by atoms with Crippen LogP contribution in [0.25, 0.3) is 0 Å². The number of piperidine rings is 1. The molecule has 1 aromatic rings. The predicted octanol–water partition coefficient (Wildman–Crippen LogP) is 1.62. The van der Waals surface area contributed by atoms with Crippen LogP contribution < -0.4 is 10.6 Å². The van der Waals surface area contributed by atoms with Gasteiger partial charge in [0.05, 0.1) is 5.56 Å². The van der Waals surface area contributed by atoms with Crippen molar-refractivity contribution in [3.05, 3.63) is 23.2 Å². The summed E-state index contributed by atoms with van der Waals surface area (Å²) in [4.78, 5) is 26.3. The van der Waals surface area contributed by atoms with Gasteiger partial charge in [0, 0.05) is 25.6 Å². The molecule has 128 valence electrons. The Hall–Kier alpha value is -1.82. The minimum absolute atomic E-state index is 0.0850. The van der Waals surface area contributed by atoms with Crippen LogP contribution in [0.15, 0.2) is 10.5 Å². The van der Waals surface area contributed by atoms with E-state index < -0.39 is 0 Å². The summed E-state index contributed by atoms with van der Waals surface area (Å²) < 4.78 is 5.40. The first kappa shape index (κ1) is 17.5. The number of amides is 2. The van der Waals surface area contributed by atoms with Crippen molar-refractivity contribution in [2.45, 2.75) is 45.6 Å². The van der Waals surface area contributed by atoms with E-state index in [-0.39, 0.29) is 17.9 Å². The van der Waals surface area contributed by atoms with E-state index in [1.54, 1.807) is 13.0 Å². The lowest BCUT2D eigenvalue weighted by atomic mass is 10.0. The Labute approximate surface area is 137 Å². The Morgan fingerprint density at radius 2 is 2.00 bits per heavy atom. The number of likely N-dealkylation sites (tertiary alicyclic amines) is 1. The highest BCUT2D eigenvalue weighted by Gasteiger charge is 2.24. The minimum Gasteiger partial charge on any atom is -0.466 e. The van der Waals surface area contributed by atoms with Crippen LogP contribution in [-0.4, -0.2) is 49.4 Å². The number of aryl methyl sites for hydroxylation is 2. The molecule has 0 atom stereocenters. The Kier molecular flexibility index (Phi) is 6.21. The second kappa shape index (κ2) is 8.15. The fourth-order valence-electron chi connectivity index (χ4n) is 2.97. The number of hydrogen-bond acceptors (Lipinski definition) is 4. The number of carbonyl (C=O) groups excluding carboxylic acids is 2. The third-order valence-corrected chi connectivity index (χ3v) is 4.29. The van der Waals surface area contributed by atoms with E-state index >= 15 is 0 Å². The zero-order chi connectivity index (χ0) is 16.8. The fraction of sp³-hybridized carbons (Fsp3) is 0.647. The molecular weight excluding hydrogens is 294 g/mol. The van der Waals surface area contributed by atoms with Gasteiger partial charge in [-0.3, -0.25) is 9.59 Å². The molecule has 0 bridgehead atoms. The van der Waals surface area contributed by atoms with Crippen LogP contribution in [0.5, 0.6) is 0 Å². The Bertz CT molecular complexity index is 545. The van der Waals surface area contributed by atoms with Crippen molar-refractivity contribution in [1.29, 1.82) is 0 Å². The quantitative estimate of drug-likeness (QED) is 0.781. The normalized spacial score (nSPS) is 15.7. The van der Waals surface area contributed by atoms with Gasteiger partial charge in [-0.1, -0.05) is 0 Å². The van der Waals surface area contributed by atoms with E-state index in [1.807, 2.05) is 18.9 Å².